The Hall–Kier alpha value is -3.09. The molecule has 0 fully saturated rings. The van der Waals surface area contributed by atoms with E-state index >= 15 is 0 Å². The second kappa shape index (κ2) is 7.73. The molecule has 1 aromatic heterocycles. The molecule has 0 aliphatic rings. The standard InChI is InChI=1S/C22H21F3N2O2/c1-21(2,3)27-13-16(12-26-27)20(28)18-9-4-5-10-19(18)29-14-15-7-6-8-17(11-15)22(23,24)25/h4-13H,14H2,1-3H3. The Labute approximate surface area is 166 Å². The van der Waals surface area contributed by atoms with E-state index in [0.717, 1.165) is 12.1 Å². The molecule has 0 amide bonds. The summed E-state index contributed by atoms with van der Waals surface area (Å²) in [4.78, 5) is 12.9. The van der Waals surface area contributed by atoms with Crippen LogP contribution in [0, 0.1) is 0 Å². The summed E-state index contributed by atoms with van der Waals surface area (Å²) in [7, 11) is 0. The van der Waals surface area contributed by atoms with Gasteiger partial charge in [-0.15, -0.1) is 0 Å². The van der Waals surface area contributed by atoms with Gasteiger partial charge in [0, 0.05) is 6.20 Å². The Morgan fingerprint density at radius 1 is 1.07 bits per heavy atom. The van der Waals surface area contributed by atoms with E-state index in [2.05, 4.69) is 5.10 Å². The normalized spacial score (nSPS) is 12.1. The third-order valence-electron chi connectivity index (χ3n) is 4.31. The molecule has 152 valence electrons. The van der Waals surface area contributed by atoms with Gasteiger partial charge in [-0.3, -0.25) is 9.48 Å². The van der Waals surface area contributed by atoms with Crippen molar-refractivity contribution in [2.45, 2.75) is 39.1 Å². The maximum atomic E-state index is 12.9. The largest absolute Gasteiger partial charge is 0.488 e. The first kappa shape index (κ1) is 20.6. The molecular weight excluding hydrogens is 381 g/mol. The number of nitrogens with zero attached hydrogens (tertiary/aromatic N) is 2. The van der Waals surface area contributed by atoms with Crippen LogP contribution in [0.3, 0.4) is 0 Å². The summed E-state index contributed by atoms with van der Waals surface area (Å²) < 4.78 is 46.0. The highest BCUT2D eigenvalue weighted by atomic mass is 19.4. The molecule has 3 rings (SSSR count). The van der Waals surface area contributed by atoms with Crippen LogP contribution >= 0.6 is 0 Å². The molecular formula is C22H21F3N2O2. The summed E-state index contributed by atoms with van der Waals surface area (Å²) in [5, 5.41) is 4.24. The second-order valence-electron chi connectivity index (χ2n) is 7.66. The molecule has 3 aromatic rings. The molecule has 4 nitrogen and oxygen atoms in total. The van der Waals surface area contributed by atoms with Crippen molar-refractivity contribution in [2.24, 2.45) is 0 Å². The summed E-state index contributed by atoms with van der Waals surface area (Å²) in [6.07, 6.45) is -1.25. The molecule has 0 N–H and O–H groups in total. The van der Waals surface area contributed by atoms with Crippen LogP contribution in [-0.4, -0.2) is 15.6 Å². The van der Waals surface area contributed by atoms with Crippen molar-refractivity contribution in [3.05, 3.63) is 83.2 Å². The summed E-state index contributed by atoms with van der Waals surface area (Å²) in [6, 6.07) is 11.6. The fraction of sp³-hybridized carbons (Fsp3) is 0.273. The highest BCUT2D eigenvalue weighted by molar-refractivity contribution is 6.10. The zero-order chi connectivity index (χ0) is 21.2. The van der Waals surface area contributed by atoms with E-state index in [4.69, 9.17) is 4.74 Å². The molecule has 0 aliphatic heterocycles. The van der Waals surface area contributed by atoms with Gasteiger partial charge in [-0.2, -0.15) is 18.3 Å². The Balaban J connectivity index is 1.81. The number of para-hydroxylation sites is 1. The molecule has 0 saturated carbocycles. The summed E-state index contributed by atoms with van der Waals surface area (Å²) in [5.74, 6) is 0.0403. The second-order valence-corrected chi connectivity index (χ2v) is 7.66. The van der Waals surface area contributed by atoms with Crippen LogP contribution in [0.1, 0.15) is 47.8 Å². The van der Waals surface area contributed by atoms with Gasteiger partial charge >= 0.3 is 6.18 Å². The summed E-state index contributed by atoms with van der Waals surface area (Å²) in [5.41, 5.74) is 0.0982. The molecule has 2 aromatic carbocycles. The van der Waals surface area contributed by atoms with Crippen LogP contribution in [0.25, 0.3) is 0 Å². The average molecular weight is 402 g/mol. The van der Waals surface area contributed by atoms with Crippen LogP contribution in [0.15, 0.2) is 60.9 Å². The third-order valence-corrected chi connectivity index (χ3v) is 4.31. The Bertz CT molecular complexity index is 1020. The highest BCUT2D eigenvalue weighted by Crippen LogP contribution is 2.30. The SMILES string of the molecule is CC(C)(C)n1cc(C(=O)c2ccccc2OCc2cccc(C(F)(F)F)c2)cn1. The quantitative estimate of drug-likeness (QED) is 0.532. The highest BCUT2D eigenvalue weighted by Gasteiger charge is 2.30. The minimum absolute atomic E-state index is 0.0878. The number of benzene rings is 2. The van der Waals surface area contributed by atoms with E-state index in [1.54, 1.807) is 41.2 Å². The molecule has 0 atom stereocenters. The number of carbonyl (C=O) groups is 1. The molecule has 29 heavy (non-hydrogen) atoms. The molecule has 0 unspecified atom stereocenters. The average Bonchev–Trinajstić information content (AvgIpc) is 3.16. The predicted molar refractivity (Wildman–Crippen MR) is 103 cm³/mol. The van der Waals surface area contributed by atoms with Crippen molar-refractivity contribution in [1.82, 2.24) is 9.78 Å². The van der Waals surface area contributed by atoms with Crippen LogP contribution in [0.2, 0.25) is 0 Å². The smallest absolute Gasteiger partial charge is 0.416 e. The first-order chi connectivity index (χ1) is 13.6. The van der Waals surface area contributed by atoms with Gasteiger partial charge in [0.05, 0.1) is 28.4 Å². The van der Waals surface area contributed by atoms with Crippen molar-refractivity contribution < 1.29 is 22.7 Å². The Kier molecular flexibility index (Phi) is 5.50. The number of ketones is 1. The summed E-state index contributed by atoms with van der Waals surface area (Å²) >= 11 is 0. The predicted octanol–water partition coefficient (Wildman–Crippen LogP) is 5.47. The lowest BCUT2D eigenvalue weighted by molar-refractivity contribution is -0.137. The zero-order valence-corrected chi connectivity index (χ0v) is 16.3. The number of hydrogen-bond donors (Lipinski definition) is 0. The molecule has 1 heterocycles. The first-order valence-electron chi connectivity index (χ1n) is 9.03. The fourth-order valence-corrected chi connectivity index (χ4v) is 2.74. The minimum Gasteiger partial charge on any atom is -0.488 e. The number of rotatable bonds is 5. The van der Waals surface area contributed by atoms with E-state index in [0.29, 0.717) is 22.4 Å². The van der Waals surface area contributed by atoms with Crippen LogP contribution in [0.4, 0.5) is 13.2 Å². The molecule has 0 bridgehead atoms. The van der Waals surface area contributed by atoms with Crippen LogP contribution in [-0.2, 0) is 18.3 Å². The maximum Gasteiger partial charge on any atom is 0.416 e. The maximum absolute atomic E-state index is 12.9. The van der Waals surface area contributed by atoms with Gasteiger partial charge in [0.25, 0.3) is 0 Å². The number of aromatic nitrogens is 2. The molecule has 0 spiro atoms. The summed E-state index contributed by atoms with van der Waals surface area (Å²) in [6.45, 7) is 5.83. The van der Waals surface area contributed by atoms with Gasteiger partial charge in [-0.25, -0.2) is 0 Å². The van der Waals surface area contributed by atoms with Crippen LogP contribution < -0.4 is 4.74 Å². The van der Waals surface area contributed by atoms with E-state index in [1.165, 1.54) is 12.3 Å². The van der Waals surface area contributed by atoms with Crippen molar-refractivity contribution in [1.29, 1.82) is 0 Å². The molecule has 0 radical (unpaired) electrons. The monoisotopic (exact) mass is 402 g/mol. The Morgan fingerprint density at radius 2 is 1.79 bits per heavy atom. The van der Waals surface area contributed by atoms with Gasteiger partial charge < -0.3 is 4.74 Å². The van der Waals surface area contributed by atoms with Gasteiger partial charge in [0.2, 0.25) is 0 Å². The number of alkyl halides is 3. The van der Waals surface area contributed by atoms with E-state index in [9.17, 15) is 18.0 Å². The van der Waals surface area contributed by atoms with E-state index < -0.39 is 11.7 Å². The number of hydrogen-bond acceptors (Lipinski definition) is 3. The fourth-order valence-electron chi connectivity index (χ4n) is 2.74. The Morgan fingerprint density at radius 3 is 2.45 bits per heavy atom. The minimum atomic E-state index is -4.42. The van der Waals surface area contributed by atoms with Crippen molar-refractivity contribution in [3.8, 4) is 5.75 Å². The van der Waals surface area contributed by atoms with Gasteiger partial charge in [-0.05, 0) is 50.6 Å². The van der Waals surface area contributed by atoms with Crippen LogP contribution in [0.5, 0.6) is 5.75 Å². The first-order valence-corrected chi connectivity index (χ1v) is 9.03. The van der Waals surface area contributed by atoms with Gasteiger partial charge in [0.1, 0.15) is 12.4 Å². The lowest BCUT2D eigenvalue weighted by Gasteiger charge is -2.18. The van der Waals surface area contributed by atoms with E-state index in [1.807, 2.05) is 20.8 Å². The lowest BCUT2D eigenvalue weighted by Crippen LogP contribution is -2.22. The molecule has 0 saturated heterocycles. The van der Waals surface area contributed by atoms with Crippen molar-refractivity contribution >= 4 is 5.78 Å². The van der Waals surface area contributed by atoms with E-state index in [-0.39, 0.29) is 17.9 Å². The zero-order valence-electron chi connectivity index (χ0n) is 16.3. The number of ether oxygens (including phenoxy) is 1. The number of halogens is 3. The molecule has 7 heteroatoms. The van der Waals surface area contributed by atoms with Gasteiger partial charge in [-0.1, -0.05) is 24.3 Å². The topological polar surface area (TPSA) is 44.1 Å². The van der Waals surface area contributed by atoms with Crippen molar-refractivity contribution in [2.75, 3.05) is 0 Å². The lowest BCUT2D eigenvalue weighted by atomic mass is 10.0. The third kappa shape index (κ3) is 4.85. The number of carbonyl (C=O) groups excluding carboxylic acids is 1. The van der Waals surface area contributed by atoms with Gasteiger partial charge in [0.15, 0.2) is 5.78 Å². The van der Waals surface area contributed by atoms with Crippen molar-refractivity contribution in [3.63, 3.8) is 0 Å². The molecule has 0 aliphatic carbocycles.